The van der Waals surface area contributed by atoms with E-state index in [4.69, 9.17) is 5.26 Å². The Morgan fingerprint density at radius 1 is 1.15 bits per heavy atom. The third-order valence-electron chi connectivity index (χ3n) is 2.91. The van der Waals surface area contributed by atoms with Crippen LogP contribution >= 0.6 is 0 Å². The number of rotatable bonds is 3. The van der Waals surface area contributed by atoms with Gasteiger partial charge in [0.25, 0.3) is 5.91 Å². The Morgan fingerprint density at radius 3 is 2.60 bits per heavy atom. The minimum absolute atomic E-state index is 0.112. The summed E-state index contributed by atoms with van der Waals surface area (Å²) in [5.74, 6) is -0.112. The summed E-state index contributed by atoms with van der Waals surface area (Å²) < 4.78 is 0. The van der Waals surface area contributed by atoms with E-state index in [0.29, 0.717) is 5.56 Å². The van der Waals surface area contributed by atoms with E-state index in [9.17, 15) is 4.79 Å². The Kier molecular flexibility index (Phi) is 4.31. The maximum Gasteiger partial charge on any atom is 0.250 e. The quantitative estimate of drug-likeness (QED) is 0.797. The monoisotopic (exact) mass is 262 g/mol. The number of para-hydroxylation sites is 1. The number of carbonyl (C=O) groups is 1. The Hall–Kier alpha value is -2.86. The number of likely N-dealkylation sites (N-methyl/N-ethyl adjacent to an activating group) is 1. The summed E-state index contributed by atoms with van der Waals surface area (Å²) in [6.45, 7) is 0. The third kappa shape index (κ3) is 3.33. The summed E-state index contributed by atoms with van der Waals surface area (Å²) in [5.41, 5.74) is 2.25. The fraction of sp³-hybridized carbons (Fsp3) is 0.0588. The van der Waals surface area contributed by atoms with E-state index in [2.05, 4.69) is 6.07 Å². The topological polar surface area (TPSA) is 44.1 Å². The number of benzene rings is 2. The molecule has 98 valence electrons. The Morgan fingerprint density at radius 2 is 1.90 bits per heavy atom. The summed E-state index contributed by atoms with van der Waals surface area (Å²) in [7, 11) is 1.73. The van der Waals surface area contributed by atoms with E-state index in [0.717, 1.165) is 11.3 Å². The molecule has 0 aliphatic carbocycles. The van der Waals surface area contributed by atoms with Crippen molar-refractivity contribution in [1.82, 2.24) is 0 Å². The molecule has 0 saturated carbocycles. The van der Waals surface area contributed by atoms with Crippen molar-refractivity contribution in [2.24, 2.45) is 0 Å². The SMILES string of the molecule is CN(C(=O)C=Cc1cccc(C#N)c1)c1ccccc1. The molecule has 0 heterocycles. The van der Waals surface area contributed by atoms with Gasteiger partial charge in [-0.05, 0) is 35.9 Å². The first kappa shape index (κ1) is 13.6. The van der Waals surface area contributed by atoms with E-state index >= 15 is 0 Å². The molecule has 0 fully saturated rings. The van der Waals surface area contributed by atoms with E-state index in [1.807, 2.05) is 36.4 Å². The summed E-state index contributed by atoms with van der Waals surface area (Å²) in [6, 6.07) is 18.6. The molecule has 0 spiro atoms. The van der Waals surface area contributed by atoms with Gasteiger partial charge in [-0.3, -0.25) is 4.79 Å². The highest BCUT2D eigenvalue weighted by Gasteiger charge is 2.06. The lowest BCUT2D eigenvalue weighted by Gasteiger charge is -2.14. The fourth-order valence-corrected chi connectivity index (χ4v) is 1.77. The van der Waals surface area contributed by atoms with Crippen LogP contribution in [0.5, 0.6) is 0 Å². The third-order valence-corrected chi connectivity index (χ3v) is 2.91. The van der Waals surface area contributed by atoms with E-state index < -0.39 is 0 Å². The van der Waals surface area contributed by atoms with Gasteiger partial charge in [0.15, 0.2) is 0 Å². The van der Waals surface area contributed by atoms with Gasteiger partial charge >= 0.3 is 0 Å². The zero-order valence-electron chi connectivity index (χ0n) is 11.2. The van der Waals surface area contributed by atoms with Gasteiger partial charge < -0.3 is 4.90 Å². The van der Waals surface area contributed by atoms with Gasteiger partial charge in [0, 0.05) is 18.8 Å². The molecule has 3 nitrogen and oxygen atoms in total. The summed E-state index contributed by atoms with van der Waals surface area (Å²) in [4.78, 5) is 13.6. The van der Waals surface area contributed by atoms with Crippen LogP contribution in [0.15, 0.2) is 60.7 Å². The second-order valence-electron chi connectivity index (χ2n) is 4.30. The second-order valence-corrected chi connectivity index (χ2v) is 4.30. The Labute approximate surface area is 118 Å². The standard InChI is InChI=1S/C17H14N2O/c1-19(16-8-3-2-4-9-16)17(20)11-10-14-6-5-7-15(12-14)13-18/h2-12H,1H3. The lowest BCUT2D eigenvalue weighted by atomic mass is 10.1. The molecule has 20 heavy (non-hydrogen) atoms. The van der Waals surface area contributed by atoms with Crippen LogP contribution in [-0.2, 0) is 4.79 Å². The smallest absolute Gasteiger partial charge is 0.250 e. The van der Waals surface area contributed by atoms with Crippen LogP contribution in [-0.4, -0.2) is 13.0 Å². The van der Waals surface area contributed by atoms with Gasteiger partial charge in [-0.15, -0.1) is 0 Å². The highest BCUT2D eigenvalue weighted by atomic mass is 16.2. The predicted octanol–water partition coefficient (Wildman–Crippen LogP) is 3.23. The molecule has 2 aromatic rings. The second kappa shape index (κ2) is 6.35. The van der Waals surface area contributed by atoms with Crippen molar-refractivity contribution in [1.29, 1.82) is 5.26 Å². The van der Waals surface area contributed by atoms with Crippen molar-refractivity contribution in [2.45, 2.75) is 0 Å². The van der Waals surface area contributed by atoms with Crippen LogP contribution in [0.1, 0.15) is 11.1 Å². The van der Waals surface area contributed by atoms with Crippen LogP contribution in [0.2, 0.25) is 0 Å². The molecular formula is C17H14N2O. The highest BCUT2D eigenvalue weighted by molar-refractivity contribution is 6.03. The molecule has 2 aromatic carbocycles. The number of amides is 1. The van der Waals surface area contributed by atoms with Crippen LogP contribution in [0.4, 0.5) is 5.69 Å². The fourth-order valence-electron chi connectivity index (χ4n) is 1.77. The number of nitrogens with zero attached hydrogens (tertiary/aromatic N) is 2. The van der Waals surface area contributed by atoms with E-state index in [-0.39, 0.29) is 5.91 Å². The number of carbonyl (C=O) groups excluding carboxylic acids is 1. The first-order valence-electron chi connectivity index (χ1n) is 6.21. The largest absolute Gasteiger partial charge is 0.312 e. The molecule has 0 aliphatic rings. The summed E-state index contributed by atoms with van der Waals surface area (Å²) in [6.07, 6.45) is 3.21. The van der Waals surface area contributed by atoms with Crippen LogP contribution in [0.25, 0.3) is 6.08 Å². The van der Waals surface area contributed by atoms with Gasteiger partial charge in [0.05, 0.1) is 11.6 Å². The molecule has 0 aliphatic heterocycles. The number of hydrogen-bond donors (Lipinski definition) is 0. The van der Waals surface area contributed by atoms with Gasteiger partial charge in [-0.25, -0.2) is 0 Å². The molecule has 0 aromatic heterocycles. The van der Waals surface area contributed by atoms with Gasteiger partial charge in [-0.1, -0.05) is 30.3 Å². The van der Waals surface area contributed by atoms with Crippen LogP contribution in [0.3, 0.4) is 0 Å². The average Bonchev–Trinajstić information content (AvgIpc) is 2.53. The maximum atomic E-state index is 12.0. The molecule has 0 unspecified atom stereocenters. The molecule has 0 radical (unpaired) electrons. The predicted molar refractivity (Wildman–Crippen MR) is 80.0 cm³/mol. The molecule has 2 rings (SSSR count). The first-order valence-corrected chi connectivity index (χ1v) is 6.21. The van der Waals surface area contributed by atoms with Crippen LogP contribution < -0.4 is 4.90 Å². The van der Waals surface area contributed by atoms with Crippen molar-refractivity contribution < 1.29 is 4.79 Å². The molecular weight excluding hydrogens is 248 g/mol. The lowest BCUT2D eigenvalue weighted by molar-refractivity contribution is -0.113. The van der Waals surface area contributed by atoms with Gasteiger partial charge in [-0.2, -0.15) is 5.26 Å². The van der Waals surface area contributed by atoms with Crippen LogP contribution in [0, 0.1) is 11.3 Å². The lowest BCUT2D eigenvalue weighted by Crippen LogP contribution is -2.23. The molecule has 1 amide bonds. The average molecular weight is 262 g/mol. The number of anilines is 1. The minimum Gasteiger partial charge on any atom is -0.312 e. The van der Waals surface area contributed by atoms with E-state index in [1.165, 1.54) is 6.08 Å². The summed E-state index contributed by atoms with van der Waals surface area (Å²) in [5, 5.41) is 8.83. The van der Waals surface area contributed by atoms with Crippen molar-refractivity contribution in [3.05, 3.63) is 71.8 Å². The van der Waals surface area contributed by atoms with Crippen molar-refractivity contribution in [3.63, 3.8) is 0 Å². The zero-order valence-corrected chi connectivity index (χ0v) is 11.2. The molecule has 3 heteroatoms. The minimum atomic E-state index is -0.112. The Bertz CT molecular complexity index is 669. The van der Waals surface area contributed by atoms with Crippen molar-refractivity contribution in [2.75, 3.05) is 11.9 Å². The van der Waals surface area contributed by atoms with Gasteiger partial charge in [0.1, 0.15) is 0 Å². The van der Waals surface area contributed by atoms with Crippen molar-refractivity contribution in [3.8, 4) is 6.07 Å². The van der Waals surface area contributed by atoms with E-state index in [1.54, 1.807) is 36.2 Å². The molecule has 0 bridgehead atoms. The maximum absolute atomic E-state index is 12.0. The molecule has 0 saturated heterocycles. The molecule has 0 atom stereocenters. The highest BCUT2D eigenvalue weighted by Crippen LogP contribution is 2.12. The number of hydrogen-bond acceptors (Lipinski definition) is 2. The number of nitriles is 1. The first-order chi connectivity index (χ1) is 9.70. The van der Waals surface area contributed by atoms with Crippen molar-refractivity contribution >= 4 is 17.7 Å². The Balaban J connectivity index is 2.11. The van der Waals surface area contributed by atoms with Gasteiger partial charge in [0.2, 0.25) is 0 Å². The summed E-state index contributed by atoms with van der Waals surface area (Å²) >= 11 is 0. The molecule has 0 N–H and O–H groups in total. The normalized spacial score (nSPS) is 10.2. The zero-order chi connectivity index (χ0) is 14.4.